The third-order valence-corrected chi connectivity index (χ3v) is 3.66. The molecule has 3 N–H and O–H groups in total. The summed E-state index contributed by atoms with van der Waals surface area (Å²) in [7, 11) is 0. The molecule has 2 nitrogen and oxygen atoms in total. The molecule has 0 aliphatic heterocycles. The number of hydrogen-bond acceptors (Lipinski definition) is 2. The highest BCUT2D eigenvalue weighted by Crippen LogP contribution is 2.30. The van der Waals surface area contributed by atoms with Crippen LogP contribution in [0.4, 0.5) is 4.39 Å². The third kappa shape index (κ3) is 2.61. The van der Waals surface area contributed by atoms with Crippen LogP contribution in [0.1, 0.15) is 22.7 Å². The standard InChI is InChI=1S/C14H14BrFN2/c1-9-4-2-3-5-11(9)14(18-17)12-8-10(16)6-7-13(12)15/h2-8,14,18H,17H2,1H3. The Morgan fingerprint density at radius 1 is 1.17 bits per heavy atom. The lowest BCUT2D eigenvalue weighted by atomic mass is 9.95. The Bertz CT molecular complexity index is 557. The summed E-state index contributed by atoms with van der Waals surface area (Å²) in [6, 6.07) is 12.3. The number of benzene rings is 2. The minimum atomic E-state index is -0.276. The van der Waals surface area contributed by atoms with Crippen LogP contribution in [-0.2, 0) is 0 Å². The number of rotatable bonds is 3. The summed E-state index contributed by atoms with van der Waals surface area (Å²) in [4.78, 5) is 0. The molecular formula is C14H14BrFN2. The predicted molar refractivity (Wildman–Crippen MR) is 74.4 cm³/mol. The largest absolute Gasteiger partial charge is 0.271 e. The zero-order valence-corrected chi connectivity index (χ0v) is 11.5. The number of hydrogen-bond donors (Lipinski definition) is 2. The lowest BCUT2D eigenvalue weighted by molar-refractivity contribution is 0.602. The predicted octanol–water partition coefficient (Wildman–Crippen LogP) is 3.45. The van der Waals surface area contributed by atoms with E-state index in [4.69, 9.17) is 5.84 Å². The van der Waals surface area contributed by atoms with Gasteiger partial charge in [-0.15, -0.1) is 0 Å². The van der Waals surface area contributed by atoms with E-state index in [2.05, 4.69) is 21.4 Å². The summed E-state index contributed by atoms with van der Waals surface area (Å²) >= 11 is 3.43. The van der Waals surface area contributed by atoms with Crippen molar-refractivity contribution < 1.29 is 4.39 Å². The van der Waals surface area contributed by atoms with Crippen LogP contribution in [0.15, 0.2) is 46.9 Å². The Hall–Kier alpha value is -1.23. The SMILES string of the molecule is Cc1ccccc1C(NN)c1cc(F)ccc1Br. The molecule has 1 unspecified atom stereocenters. The molecule has 4 heteroatoms. The first kappa shape index (κ1) is 13.2. The van der Waals surface area contributed by atoms with E-state index >= 15 is 0 Å². The van der Waals surface area contributed by atoms with Gasteiger partial charge < -0.3 is 0 Å². The van der Waals surface area contributed by atoms with Crippen molar-refractivity contribution in [3.8, 4) is 0 Å². The van der Waals surface area contributed by atoms with Gasteiger partial charge in [0.05, 0.1) is 6.04 Å². The van der Waals surface area contributed by atoms with Gasteiger partial charge in [0.2, 0.25) is 0 Å². The minimum Gasteiger partial charge on any atom is -0.271 e. The van der Waals surface area contributed by atoms with Crippen molar-refractivity contribution in [2.45, 2.75) is 13.0 Å². The Morgan fingerprint density at radius 2 is 1.89 bits per heavy atom. The van der Waals surface area contributed by atoms with E-state index in [0.29, 0.717) is 0 Å². The van der Waals surface area contributed by atoms with Gasteiger partial charge in [0, 0.05) is 4.47 Å². The Balaban J connectivity index is 2.52. The zero-order valence-electron chi connectivity index (χ0n) is 9.95. The van der Waals surface area contributed by atoms with Crippen molar-refractivity contribution in [1.29, 1.82) is 0 Å². The van der Waals surface area contributed by atoms with Gasteiger partial charge in [0.1, 0.15) is 5.82 Å². The Kier molecular flexibility index (Phi) is 4.11. The Morgan fingerprint density at radius 3 is 2.56 bits per heavy atom. The van der Waals surface area contributed by atoms with E-state index in [1.165, 1.54) is 12.1 Å². The first-order valence-electron chi connectivity index (χ1n) is 5.60. The number of aryl methyl sites for hydroxylation is 1. The Labute approximate surface area is 114 Å². The molecule has 0 bridgehead atoms. The lowest BCUT2D eigenvalue weighted by Gasteiger charge is -2.20. The summed E-state index contributed by atoms with van der Waals surface area (Å²) in [5, 5.41) is 0. The van der Waals surface area contributed by atoms with Crippen LogP contribution in [0, 0.1) is 12.7 Å². The molecule has 0 aliphatic carbocycles. The van der Waals surface area contributed by atoms with Crippen LogP contribution >= 0.6 is 15.9 Å². The van der Waals surface area contributed by atoms with Crippen LogP contribution < -0.4 is 11.3 Å². The highest BCUT2D eigenvalue weighted by atomic mass is 79.9. The van der Waals surface area contributed by atoms with E-state index in [1.54, 1.807) is 6.07 Å². The fraction of sp³-hybridized carbons (Fsp3) is 0.143. The van der Waals surface area contributed by atoms with Crippen LogP contribution in [0.5, 0.6) is 0 Å². The fourth-order valence-electron chi connectivity index (χ4n) is 1.99. The van der Waals surface area contributed by atoms with Crippen molar-refractivity contribution in [3.63, 3.8) is 0 Å². The molecule has 0 amide bonds. The normalized spacial score (nSPS) is 12.4. The average Bonchev–Trinajstić information content (AvgIpc) is 2.36. The van der Waals surface area contributed by atoms with Crippen molar-refractivity contribution in [2.75, 3.05) is 0 Å². The molecule has 0 radical (unpaired) electrons. The average molecular weight is 309 g/mol. The second-order valence-corrected chi connectivity index (χ2v) is 4.98. The molecule has 2 aromatic carbocycles. The van der Waals surface area contributed by atoms with Crippen LogP contribution in [0.25, 0.3) is 0 Å². The molecule has 18 heavy (non-hydrogen) atoms. The van der Waals surface area contributed by atoms with Gasteiger partial charge in [-0.2, -0.15) is 0 Å². The van der Waals surface area contributed by atoms with Crippen LogP contribution in [0.3, 0.4) is 0 Å². The maximum atomic E-state index is 13.4. The summed E-state index contributed by atoms with van der Waals surface area (Å²) in [6.07, 6.45) is 0. The fourth-order valence-corrected chi connectivity index (χ4v) is 2.47. The minimum absolute atomic E-state index is 0.240. The second kappa shape index (κ2) is 5.61. The molecule has 2 aromatic rings. The van der Waals surface area contributed by atoms with Crippen molar-refractivity contribution >= 4 is 15.9 Å². The zero-order chi connectivity index (χ0) is 13.1. The van der Waals surface area contributed by atoms with Gasteiger partial charge in [-0.1, -0.05) is 40.2 Å². The van der Waals surface area contributed by atoms with Gasteiger partial charge in [0.25, 0.3) is 0 Å². The maximum absolute atomic E-state index is 13.4. The van der Waals surface area contributed by atoms with E-state index in [-0.39, 0.29) is 11.9 Å². The number of nitrogens with two attached hydrogens (primary N) is 1. The highest BCUT2D eigenvalue weighted by Gasteiger charge is 2.17. The van der Waals surface area contributed by atoms with Gasteiger partial charge in [-0.25, -0.2) is 9.82 Å². The van der Waals surface area contributed by atoms with Crippen molar-refractivity contribution in [1.82, 2.24) is 5.43 Å². The topological polar surface area (TPSA) is 38.0 Å². The first-order valence-corrected chi connectivity index (χ1v) is 6.39. The number of nitrogens with one attached hydrogen (secondary N) is 1. The molecule has 1 atom stereocenters. The molecule has 0 fully saturated rings. The quantitative estimate of drug-likeness (QED) is 0.673. The summed E-state index contributed by atoms with van der Waals surface area (Å²) in [5.41, 5.74) is 5.67. The summed E-state index contributed by atoms with van der Waals surface area (Å²) in [6.45, 7) is 2.01. The second-order valence-electron chi connectivity index (χ2n) is 4.12. The lowest BCUT2D eigenvalue weighted by Crippen LogP contribution is -2.29. The summed E-state index contributed by atoms with van der Waals surface area (Å²) in [5.74, 6) is 5.36. The molecule has 0 saturated heterocycles. The number of halogens is 2. The van der Waals surface area contributed by atoms with Crippen LogP contribution in [-0.4, -0.2) is 0 Å². The molecule has 0 saturated carbocycles. The molecular weight excluding hydrogens is 295 g/mol. The van der Waals surface area contributed by atoms with E-state index in [9.17, 15) is 4.39 Å². The molecule has 0 aromatic heterocycles. The molecule has 0 aliphatic rings. The molecule has 2 rings (SSSR count). The van der Waals surface area contributed by atoms with Gasteiger partial charge in [0.15, 0.2) is 0 Å². The van der Waals surface area contributed by atoms with E-state index < -0.39 is 0 Å². The maximum Gasteiger partial charge on any atom is 0.123 e. The van der Waals surface area contributed by atoms with Gasteiger partial charge in [-0.3, -0.25) is 5.84 Å². The van der Waals surface area contributed by atoms with Crippen molar-refractivity contribution in [2.24, 2.45) is 5.84 Å². The first-order chi connectivity index (χ1) is 8.63. The van der Waals surface area contributed by atoms with Crippen LogP contribution in [0.2, 0.25) is 0 Å². The highest BCUT2D eigenvalue weighted by molar-refractivity contribution is 9.10. The monoisotopic (exact) mass is 308 g/mol. The molecule has 0 spiro atoms. The van der Waals surface area contributed by atoms with E-state index in [1.807, 2.05) is 31.2 Å². The summed E-state index contributed by atoms with van der Waals surface area (Å²) < 4.78 is 14.2. The van der Waals surface area contributed by atoms with Crippen molar-refractivity contribution in [3.05, 3.63) is 69.4 Å². The van der Waals surface area contributed by atoms with E-state index in [0.717, 1.165) is 21.2 Å². The smallest absolute Gasteiger partial charge is 0.123 e. The molecule has 0 heterocycles. The third-order valence-electron chi connectivity index (χ3n) is 2.94. The van der Waals surface area contributed by atoms with Gasteiger partial charge >= 0.3 is 0 Å². The molecule has 94 valence electrons. The van der Waals surface area contributed by atoms with Gasteiger partial charge in [-0.05, 0) is 41.8 Å². The number of hydrazine groups is 1.